The minimum absolute atomic E-state index is 0.210. The van der Waals surface area contributed by atoms with Crippen LogP contribution in [0.1, 0.15) is 16.7 Å². The van der Waals surface area contributed by atoms with Crippen LogP contribution in [0.15, 0.2) is 66.1 Å². The summed E-state index contributed by atoms with van der Waals surface area (Å²) in [5.41, 5.74) is 3.00. The molecule has 4 rings (SSSR count). The number of aryl methyl sites for hydroxylation is 1. The molecule has 0 radical (unpaired) electrons. The highest BCUT2D eigenvalue weighted by atomic mass is 16.6. The van der Waals surface area contributed by atoms with Gasteiger partial charge >= 0.3 is 11.9 Å². The van der Waals surface area contributed by atoms with Crippen molar-refractivity contribution in [2.45, 2.75) is 6.92 Å². The van der Waals surface area contributed by atoms with E-state index in [2.05, 4.69) is 0 Å². The summed E-state index contributed by atoms with van der Waals surface area (Å²) in [5.74, 6) is -0.581. The van der Waals surface area contributed by atoms with Gasteiger partial charge in [-0.3, -0.25) is 0 Å². The van der Waals surface area contributed by atoms with Crippen molar-refractivity contribution in [3.8, 4) is 0 Å². The lowest BCUT2D eigenvalue weighted by molar-refractivity contribution is -0.131. The van der Waals surface area contributed by atoms with Crippen LogP contribution in [0.3, 0.4) is 0 Å². The van der Waals surface area contributed by atoms with E-state index in [0.29, 0.717) is 16.7 Å². The molecular weight excluding hydrogens is 292 g/mol. The minimum atomic E-state index is -0.502. The van der Waals surface area contributed by atoms with Crippen molar-refractivity contribution in [3.63, 3.8) is 0 Å². The zero-order valence-corrected chi connectivity index (χ0v) is 12.3. The standard InChI is InChI=1S/C19H12O4/c1-11-7-9-13(10-8-11)15-17-16(22-19(15)21)14(18(20)23-17)12-5-3-2-4-6-12/h2-10H,1H3. The molecule has 0 N–H and O–H groups in total. The quantitative estimate of drug-likeness (QED) is 0.799. The largest absolute Gasteiger partial charge is 0.418 e. The Morgan fingerprint density at radius 2 is 1.13 bits per heavy atom. The Balaban J connectivity index is 1.90. The number of carbonyl (C=O) groups excluding carboxylic acids is 2. The number of ether oxygens (including phenoxy) is 2. The molecule has 4 nitrogen and oxygen atoms in total. The molecular formula is C19H12O4. The second-order valence-electron chi connectivity index (χ2n) is 5.42. The van der Waals surface area contributed by atoms with Crippen molar-refractivity contribution in [1.29, 1.82) is 0 Å². The fraction of sp³-hybridized carbons (Fsp3) is 0.0526. The first kappa shape index (κ1) is 13.5. The summed E-state index contributed by atoms with van der Waals surface area (Å²) >= 11 is 0. The molecule has 0 saturated carbocycles. The summed E-state index contributed by atoms with van der Waals surface area (Å²) in [6, 6.07) is 16.5. The molecule has 0 atom stereocenters. The number of rotatable bonds is 2. The van der Waals surface area contributed by atoms with E-state index in [9.17, 15) is 9.59 Å². The average molecular weight is 304 g/mol. The van der Waals surface area contributed by atoms with E-state index in [1.54, 1.807) is 12.1 Å². The lowest BCUT2D eigenvalue weighted by Gasteiger charge is -2.03. The summed E-state index contributed by atoms with van der Waals surface area (Å²) in [4.78, 5) is 24.5. The van der Waals surface area contributed by atoms with Gasteiger partial charge in [-0.2, -0.15) is 0 Å². The summed E-state index contributed by atoms with van der Waals surface area (Å²) in [6.07, 6.45) is 0. The topological polar surface area (TPSA) is 52.6 Å². The first-order valence-electron chi connectivity index (χ1n) is 7.21. The monoisotopic (exact) mass is 304 g/mol. The molecule has 23 heavy (non-hydrogen) atoms. The van der Waals surface area contributed by atoms with Crippen molar-refractivity contribution in [1.82, 2.24) is 0 Å². The molecule has 0 saturated heterocycles. The van der Waals surface area contributed by atoms with E-state index in [1.165, 1.54) is 0 Å². The van der Waals surface area contributed by atoms with E-state index in [-0.39, 0.29) is 17.1 Å². The molecule has 0 spiro atoms. The molecule has 2 aromatic carbocycles. The van der Waals surface area contributed by atoms with Gasteiger partial charge in [-0.05, 0) is 18.1 Å². The molecule has 0 fully saturated rings. The highest BCUT2D eigenvalue weighted by Crippen LogP contribution is 2.43. The summed E-state index contributed by atoms with van der Waals surface area (Å²) in [6.45, 7) is 1.96. The zero-order chi connectivity index (χ0) is 16.0. The van der Waals surface area contributed by atoms with Gasteiger partial charge in [0.05, 0.1) is 0 Å². The van der Waals surface area contributed by atoms with Gasteiger partial charge in [0, 0.05) is 0 Å². The van der Waals surface area contributed by atoms with Crippen molar-refractivity contribution in [2.24, 2.45) is 0 Å². The normalized spacial score (nSPS) is 16.6. The molecule has 2 heterocycles. The molecule has 0 bridgehead atoms. The van der Waals surface area contributed by atoms with Crippen LogP contribution in [0.5, 0.6) is 0 Å². The second kappa shape index (κ2) is 4.95. The summed E-state index contributed by atoms with van der Waals surface area (Å²) in [5, 5.41) is 0. The molecule has 0 amide bonds. The smallest absolute Gasteiger partial charge is 0.348 e. The number of carbonyl (C=O) groups is 2. The van der Waals surface area contributed by atoms with Gasteiger partial charge in [-0.1, -0.05) is 60.2 Å². The maximum absolute atomic E-state index is 12.3. The molecule has 2 aliphatic rings. The van der Waals surface area contributed by atoms with Crippen LogP contribution >= 0.6 is 0 Å². The Morgan fingerprint density at radius 1 is 0.652 bits per heavy atom. The van der Waals surface area contributed by atoms with Crippen molar-refractivity contribution < 1.29 is 19.1 Å². The number of hydrogen-bond donors (Lipinski definition) is 0. The molecule has 2 aliphatic heterocycles. The van der Waals surface area contributed by atoms with E-state index >= 15 is 0 Å². The number of esters is 2. The van der Waals surface area contributed by atoms with E-state index < -0.39 is 11.9 Å². The Labute approximate surface area is 132 Å². The molecule has 0 aromatic heterocycles. The van der Waals surface area contributed by atoms with Gasteiger partial charge < -0.3 is 9.47 Å². The highest BCUT2D eigenvalue weighted by Gasteiger charge is 2.43. The van der Waals surface area contributed by atoms with E-state index in [1.807, 2.05) is 49.4 Å². The Morgan fingerprint density at radius 3 is 1.65 bits per heavy atom. The Kier molecular flexibility index (Phi) is 2.91. The molecule has 2 aromatic rings. The van der Waals surface area contributed by atoms with Crippen LogP contribution in [0.25, 0.3) is 11.1 Å². The molecule has 0 unspecified atom stereocenters. The van der Waals surface area contributed by atoms with Crippen molar-refractivity contribution in [2.75, 3.05) is 0 Å². The third-order valence-electron chi connectivity index (χ3n) is 3.86. The van der Waals surface area contributed by atoms with Gasteiger partial charge in [0.25, 0.3) is 0 Å². The Bertz CT molecular complexity index is 887. The first-order chi connectivity index (χ1) is 11.1. The van der Waals surface area contributed by atoms with E-state index in [4.69, 9.17) is 9.47 Å². The van der Waals surface area contributed by atoms with Crippen LogP contribution in [-0.2, 0) is 19.1 Å². The summed E-state index contributed by atoms with van der Waals surface area (Å²) < 4.78 is 10.7. The average Bonchev–Trinajstić information content (AvgIpc) is 3.02. The van der Waals surface area contributed by atoms with Crippen LogP contribution < -0.4 is 0 Å². The number of hydrogen-bond acceptors (Lipinski definition) is 4. The predicted molar refractivity (Wildman–Crippen MR) is 83.6 cm³/mol. The zero-order valence-electron chi connectivity index (χ0n) is 12.3. The van der Waals surface area contributed by atoms with Gasteiger partial charge in [-0.25, -0.2) is 9.59 Å². The van der Waals surface area contributed by atoms with Crippen LogP contribution in [0.4, 0.5) is 0 Å². The molecule has 4 heteroatoms. The maximum atomic E-state index is 12.3. The van der Waals surface area contributed by atoms with Crippen molar-refractivity contribution in [3.05, 3.63) is 82.8 Å². The van der Waals surface area contributed by atoms with Crippen LogP contribution in [0.2, 0.25) is 0 Å². The fourth-order valence-corrected chi connectivity index (χ4v) is 2.72. The van der Waals surface area contributed by atoms with Crippen molar-refractivity contribution >= 4 is 23.1 Å². The highest BCUT2D eigenvalue weighted by molar-refractivity contribution is 6.28. The van der Waals surface area contributed by atoms with Gasteiger partial charge in [-0.15, -0.1) is 0 Å². The van der Waals surface area contributed by atoms with Crippen LogP contribution in [0, 0.1) is 6.92 Å². The lowest BCUT2D eigenvalue weighted by atomic mass is 10.0. The van der Waals surface area contributed by atoms with E-state index in [0.717, 1.165) is 5.56 Å². The van der Waals surface area contributed by atoms with Crippen LogP contribution in [-0.4, -0.2) is 11.9 Å². The summed E-state index contributed by atoms with van der Waals surface area (Å²) in [7, 11) is 0. The minimum Gasteiger partial charge on any atom is -0.418 e. The third-order valence-corrected chi connectivity index (χ3v) is 3.86. The third kappa shape index (κ3) is 2.07. The fourth-order valence-electron chi connectivity index (χ4n) is 2.72. The maximum Gasteiger partial charge on any atom is 0.348 e. The molecule has 0 aliphatic carbocycles. The second-order valence-corrected chi connectivity index (χ2v) is 5.42. The predicted octanol–water partition coefficient (Wildman–Crippen LogP) is 3.23. The SMILES string of the molecule is Cc1ccc(C2=C3OC(=O)C(c4ccccc4)=C3OC2=O)cc1. The Hall–Kier alpha value is -3.14. The van der Waals surface area contributed by atoms with Gasteiger partial charge in [0.15, 0.2) is 11.5 Å². The molecule has 112 valence electrons. The first-order valence-corrected chi connectivity index (χ1v) is 7.21. The van der Waals surface area contributed by atoms with Gasteiger partial charge in [0.1, 0.15) is 11.1 Å². The lowest BCUT2D eigenvalue weighted by Crippen LogP contribution is -2.04. The number of fused-ring (bicyclic) bond motifs is 1. The van der Waals surface area contributed by atoms with Gasteiger partial charge in [0.2, 0.25) is 0 Å². The number of benzene rings is 2.